The number of aromatic nitrogens is 4. The van der Waals surface area contributed by atoms with Crippen LogP contribution in [0.25, 0.3) is 16.6 Å². The number of rotatable bonds is 6. The van der Waals surface area contributed by atoms with E-state index in [9.17, 15) is 18.0 Å². The molecule has 0 spiro atoms. The van der Waals surface area contributed by atoms with Crippen LogP contribution in [0.2, 0.25) is 0 Å². The molecule has 0 bridgehead atoms. The van der Waals surface area contributed by atoms with Gasteiger partial charge in [-0.2, -0.15) is 18.3 Å². The van der Waals surface area contributed by atoms with Gasteiger partial charge in [0, 0.05) is 43.5 Å². The second-order valence-corrected chi connectivity index (χ2v) is 8.86. The summed E-state index contributed by atoms with van der Waals surface area (Å²) in [6, 6.07) is 6.56. The number of anilines is 3. The van der Waals surface area contributed by atoms with Gasteiger partial charge in [0.25, 0.3) is 0 Å². The number of nitrogens with two attached hydrogens (primary N) is 1. The van der Waals surface area contributed by atoms with E-state index in [0.717, 1.165) is 37.6 Å². The summed E-state index contributed by atoms with van der Waals surface area (Å²) in [5.41, 5.74) is 7.51. The highest BCUT2D eigenvalue weighted by atomic mass is 19.4. The van der Waals surface area contributed by atoms with Crippen LogP contribution in [0.4, 0.5) is 39.7 Å². The van der Waals surface area contributed by atoms with Crippen molar-refractivity contribution in [1.29, 1.82) is 0 Å². The van der Waals surface area contributed by atoms with Crippen molar-refractivity contribution in [3.8, 4) is 11.1 Å². The van der Waals surface area contributed by atoms with Crippen LogP contribution in [0.5, 0.6) is 0 Å². The first-order valence-corrected chi connectivity index (χ1v) is 12.0. The van der Waals surface area contributed by atoms with Crippen LogP contribution in [0.3, 0.4) is 0 Å². The Balaban J connectivity index is 1.35. The van der Waals surface area contributed by atoms with E-state index in [2.05, 4.69) is 30.6 Å². The summed E-state index contributed by atoms with van der Waals surface area (Å²) in [5, 5.41) is 8.81. The van der Waals surface area contributed by atoms with Gasteiger partial charge in [-0.05, 0) is 35.9 Å². The van der Waals surface area contributed by atoms with Crippen LogP contribution in [-0.4, -0.2) is 63.4 Å². The van der Waals surface area contributed by atoms with Crippen molar-refractivity contribution in [2.75, 3.05) is 49.2 Å². The van der Waals surface area contributed by atoms with E-state index in [-0.39, 0.29) is 17.3 Å². The van der Waals surface area contributed by atoms with E-state index in [4.69, 9.17) is 10.5 Å². The monoisotopic (exact) mass is 544 g/mol. The van der Waals surface area contributed by atoms with Crippen molar-refractivity contribution in [3.05, 3.63) is 66.0 Å². The SMILES string of the molecule is Nc1ncnn2c(CCN3CCOCC3)cc(-c3ccc(NC(=O)Nc4cc(C(F)(F)F)ccn4)c(F)c3)c12. The lowest BCUT2D eigenvalue weighted by Crippen LogP contribution is -2.37. The number of hydrogen-bond donors (Lipinski definition) is 3. The fraction of sp³-hybridized carbons (Fsp3) is 0.280. The topological polar surface area (TPSA) is 123 Å². The number of nitrogens with one attached hydrogen (secondary N) is 2. The number of ether oxygens (including phenoxy) is 1. The maximum atomic E-state index is 15.1. The van der Waals surface area contributed by atoms with Crippen LogP contribution in [0, 0.1) is 5.82 Å². The quantitative estimate of drug-likeness (QED) is 0.313. The van der Waals surface area contributed by atoms with E-state index in [1.54, 1.807) is 10.6 Å². The number of morpholine rings is 1. The molecule has 1 aliphatic heterocycles. The molecule has 39 heavy (non-hydrogen) atoms. The minimum Gasteiger partial charge on any atom is -0.382 e. The lowest BCUT2D eigenvalue weighted by atomic mass is 10.1. The second-order valence-electron chi connectivity index (χ2n) is 8.86. The molecule has 14 heteroatoms. The zero-order valence-corrected chi connectivity index (χ0v) is 20.5. The highest BCUT2D eigenvalue weighted by molar-refractivity contribution is 5.99. The second kappa shape index (κ2) is 10.8. The van der Waals surface area contributed by atoms with Gasteiger partial charge in [0.1, 0.15) is 23.5 Å². The number of fused-ring (bicyclic) bond motifs is 1. The third-order valence-electron chi connectivity index (χ3n) is 6.30. The molecule has 0 radical (unpaired) electrons. The van der Waals surface area contributed by atoms with Crippen molar-refractivity contribution in [2.24, 2.45) is 0 Å². The van der Waals surface area contributed by atoms with E-state index in [0.29, 0.717) is 42.3 Å². The fourth-order valence-corrected chi connectivity index (χ4v) is 4.36. The van der Waals surface area contributed by atoms with Crippen molar-refractivity contribution in [2.45, 2.75) is 12.6 Å². The Bertz CT molecular complexity index is 1500. The molecule has 10 nitrogen and oxygen atoms in total. The molecule has 4 aromatic rings. The third-order valence-corrected chi connectivity index (χ3v) is 6.30. The van der Waals surface area contributed by atoms with E-state index in [1.165, 1.54) is 18.5 Å². The first-order chi connectivity index (χ1) is 18.7. The number of carbonyl (C=O) groups excluding carboxylic acids is 1. The molecule has 0 atom stereocenters. The van der Waals surface area contributed by atoms with E-state index in [1.807, 2.05) is 6.07 Å². The Labute approximate surface area is 219 Å². The van der Waals surface area contributed by atoms with Crippen LogP contribution in [0.1, 0.15) is 11.3 Å². The molecule has 1 saturated heterocycles. The van der Waals surface area contributed by atoms with Crippen LogP contribution < -0.4 is 16.4 Å². The largest absolute Gasteiger partial charge is 0.416 e. The molecule has 204 valence electrons. The zero-order valence-electron chi connectivity index (χ0n) is 20.5. The van der Waals surface area contributed by atoms with Crippen molar-refractivity contribution >= 4 is 28.9 Å². The molecular weight excluding hydrogens is 520 g/mol. The molecule has 1 aliphatic rings. The smallest absolute Gasteiger partial charge is 0.382 e. The molecule has 1 aromatic carbocycles. The number of hydrogen-bond acceptors (Lipinski definition) is 7. The minimum absolute atomic E-state index is 0.177. The molecule has 3 aromatic heterocycles. The first kappa shape index (κ1) is 26.3. The number of nitrogen functional groups attached to an aromatic ring is 1. The summed E-state index contributed by atoms with van der Waals surface area (Å²) < 4.78 is 60.9. The average Bonchev–Trinajstić information content (AvgIpc) is 3.29. The Kier molecular flexibility index (Phi) is 7.30. The third kappa shape index (κ3) is 5.91. The summed E-state index contributed by atoms with van der Waals surface area (Å²) in [6.07, 6.45) is -1.65. The van der Waals surface area contributed by atoms with Gasteiger partial charge in [0.05, 0.1) is 24.5 Å². The standard InChI is InChI=1S/C25H24F4N8O2/c26-19-11-15(1-2-20(19)34-24(38)35-21-12-16(3-5-31-21)25(27,28)29)18-13-17(4-6-36-7-9-39-10-8-36)37-22(18)23(30)32-14-33-37/h1-3,5,11-14H,4,6-10H2,(H2,30,32,33)(H2,31,34,35,38). The highest BCUT2D eigenvalue weighted by Crippen LogP contribution is 2.33. The number of urea groups is 1. The van der Waals surface area contributed by atoms with Crippen LogP contribution in [-0.2, 0) is 17.3 Å². The van der Waals surface area contributed by atoms with Crippen LogP contribution >= 0.6 is 0 Å². The lowest BCUT2D eigenvalue weighted by molar-refractivity contribution is -0.137. The summed E-state index contributed by atoms with van der Waals surface area (Å²) in [5.74, 6) is -0.864. The number of benzene rings is 1. The van der Waals surface area contributed by atoms with Crippen molar-refractivity contribution < 1.29 is 27.1 Å². The van der Waals surface area contributed by atoms with Gasteiger partial charge in [-0.15, -0.1) is 0 Å². The fourth-order valence-electron chi connectivity index (χ4n) is 4.36. The number of carbonyl (C=O) groups is 1. The predicted molar refractivity (Wildman–Crippen MR) is 136 cm³/mol. The molecular formula is C25H24F4N8O2. The summed E-state index contributed by atoms with van der Waals surface area (Å²) in [6.45, 7) is 3.83. The van der Waals surface area contributed by atoms with Gasteiger partial charge in [0.2, 0.25) is 0 Å². The molecule has 4 N–H and O–H groups in total. The molecule has 2 amide bonds. The maximum Gasteiger partial charge on any atom is 0.416 e. The Morgan fingerprint density at radius 2 is 1.87 bits per heavy atom. The minimum atomic E-state index is -4.60. The summed E-state index contributed by atoms with van der Waals surface area (Å²) in [7, 11) is 0. The van der Waals surface area contributed by atoms with Crippen molar-refractivity contribution in [1.82, 2.24) is 24.5 Å². The molecule has 1 fully saturated rings. The molecule has 0 aliphatic carbocycles. The van der Waals surface area contributed by atoms with Gasteiger partial charge < -0.3 is 15.8 Å². The Morgan fingerprint density at radius 1 is 1.08 bits per heavy atom. The lowest BCUT2D eigenvalue weighted by Gasteiger charge is -2.26. The first-order valence-electron chi connectivity index (χ1n) is 12.0. The van der Waals surface area contributed by atoms with Crippen LogP contribution in [0.15, 0.2) is 48.9 Å². The average molecular weight is 545 g/mol. The number of halogens is 4. The number of nitrogens with zero attached hydrogens (tertiary/aromatic N) is 5. The number of amides is 2. The Morgan fingerprint density at radius 3 is 2.62 bits per heavy atom. The van der Waals surface area contributed by atoms with E-state index >= 15 is 4.39 Å². The Hall–Kier alpha value is -4.30. The molecule has 0 unspecified atom stereocenters. The highest BCUT2D eigenvalue weighted by Gasteiger charge is 2.31. The molecule has 5 rings (SSSR count). The van der Waals surface area contributed by atoms with Gasteiger partial charge >= 0.3 is 12.2 Å². The molecule has 0 saturated carbocycles. The maximum absolute atomic E-state index is 15.1. The normalized spacial score (nSPS) is 14.5. The van der Waals surface area contributed by atoms with E-state index < -0.39 is 23.6 Å². The zero-order chi connectivity index (χ0) is 27.6. The predicted octanol–water partition coefficient (Wildman–Crippen LogP) is 4.05. The number of pyridine rings is 1. The van der Waals surface area contributed by atoms with Crippen molar-refractivity contribution in [3.63, 3.8) is 0 Å². The van der Waals surface area contributed by atoms with Gasteiger partial charge in [0.15, 0.2) is 5.82 Å². The summed E-state index contributed by atoms with van der Waals surface area (Å²) in [4.78, 5) is 22.4. The summed E-state index contributed by atoms with van der Waals surface area (Å²) >= 11 is 0. The van der Waals surface area contributed by atoms with Gasteiger partial charge in [-0.3, -0.25) is 10.2 Å². The van der Waals surface area contributed by atoms with Gasteiger partial charge in [-0.25, -0.2) is 23.7 Å². The number of alkyl halides is 3. The molecule has 4 heterocycles. The van der Waals surface area contributed by atoms with Gasteiger partial charge in [-0.1, -0.05) is 6.07 Å².